The Morgan fingerprint density at radius 2 is 1.92 bits per heavy atom. The maximum Gasteiger partial charge on any atom is 0.185 e. The molecule has 0 bridgehead atoms. The highest BCUT2D eigenvalue weighted by Gasteiger charge is 2.18. The lowest BCUT2D eigenvalue weighted by molar-refractivity contribution is -0.121. The number of nitrogens with two attached hydrogens (primary N) is 2. The van der Waals surface area contributed by atoms with Crippen LogP contribution < -0.4 is 22.1 Å². The molecule has 0 aliphatic heterocycles. The van der Waals surface area contributed by atoms with Gasteiger partial charge in [-0.1, -0.05) is 30.3 Å². The average molecular weight is 333 g/mol. The number of nitrogens with one attached hydrogen (secondary N) is 3. The molecular weight excluding hydrogens is 306 g/mol. The van der Waals surface area contributed by atoms with Crippen LogP contribution in [0.15, 0.2) is 30.3 Å². The number of hydrogen-bond acceptors (Lipinski definition) is 5. The molecule has 0 spiro atoms. The minimum atomic E-state index is -0.591. The summed E-state index contributed by atoms with van der Waals surface area (Å²) in [5, 5.41) is 12.7. The molecule has 0 fully saturated rings. The van der Waals surface area contributed by atoms with E-state index in [1.165, 1.54) is 6.92 Å². The molecule has 0 aromatic heterocycles. The summed E-state index contributed by atoms with van der Waals surface area (Å²) < 4.78 is 0. The Hall–Kier alpha value is -2.25. The fourth-order valence-corrected chi connectivity index (χ4v) is 2.32. The van der Waals surface area contributed by atoms with Crippen molar-refractivity contribution in [1.82, 2.24) is 10.6 Å². The zero-order valence-electron chi connectivity index (χ0n) is 14.0. The maximum absolute atomic E-state index is 12.1. The van der Waals surface area contributed by atoms with Gasteiger partial charge in [-0.2, -0.15) is 0 Å². The molecule has 2 atom stereocenters. The van der Waals surface area contributed by atoms with Crippen molar-refractivity contribution in [3.8, 4) is 0 Å². The predicted octanol–water partition coefficient (Wildman–Crippen LogP) is -0.0640. The molecule has 0 saturated carbocycles. The zero-order chi connectivity index (χ0) is 17.9. The van der Waals surface area contributed by atoms with E-state index in [4.69, 9.17) is 16.9 Å². The molecule has 24 heavy (non-hydrogen) atoms. The highest BCUT2D eigenvalue weighted by Crippen LogP contribution is 2.03. The van der Waals surface area contributed by atoms with E-state index in [1.54, 1.807) is 0 Å². The Bertz CT molecular complexity index is 547. The number of ketones is 2. The molecule has 7 N–H and O–H groups in total. The molecule has 7 heteroatoms. The number of carbonyl (C=O) groups excluding carboxylic acids is 2. The van der Waals surface area contributed by atoms with Crippen LogP contribution in [-0.2, 0) is 16.0 Å². The molecule has 2 unspecified atom stereocenters. The first kappa shape index (κ1) is 19.8. The smallest absolute Gasteiger partial charge is 0.185 e. The summed E-state index contributed by atoms with van der Waals surface area (Å²) in [6.45, 7) is 2.07. The minimum Gasteiger partial charge on any atom is -0.370 e. The Kier molecular flexibility index (Phi) is 8.67. The Balaban J connectivity index is 2.37. The van der Waals surface area contributed by atoms with Gasteiger partial charge < -0.3 is 22.1 Å². The van der Waals surface area contributed by atoms with Crippen LogP contribution in [-0.4, -0.2) is 42.7 Å². The van der Waals surface area contributed by atoms with Crippen LogP contribution in [0.4, 0.5) is 0 Å². The van der Waals surface area contributed by atoms with E-state index in [9.17, 15) is 9.59 Å². The molecule has 1 aromatic carbocycles. The van der Waals surface area contributed by atoms with Gasteiger partial charge >= 0.3 is 0 Å². The number of carbonyl (C=O) groups is 2. The summed E-state index contributed by atoms with van der Waals surface area (Å²) >= 11 is 0. The number of guanidine groups is 1. The van der Waals surface area contributed by atoms with Gasteiger partial charge in [0.1, 0.15) is 5.78 Å². The van der Waals surface area contributed by atoms with Gasteiger partial charge in [-0.15, -0.1) is 0 Å². The summed E-state index contributed by atoms with van der Waals surface area (Å²) in [5.74, 6) is -0.237. The van der Waals surface area contributed by atoms with E-state index in [0.717, 1.165) is 5.56 Å². The van der Waals surface area contributed by atoms with Crippen LogP contribution in [0.25, 0.3) is 0 Å². The molecule has 0 heterocycles. The summed E-state index contributed by atoms with van der Waals surface area (Å²) in [6.07, 6.45) is 1.71. The molecule has 1 rings (SSSR count). The summed E-state index contributed by atoms with van der Waals surface area (Å²) in [6, 6.07) is 8.61. The van der Waals surface area contributed by atoms with E-state index < -0.39 is 12.1 Å². The van der Waals surface area contributed by atoms with Crippen molar-refractivity contribution in [2.45, 2.75) is 38.3 Å². The zero-order valence-corrected chi connectivity index (χ0v) is 14.0. The molecule has 0 aliphatic rings. The van der Waals surface area contributed by atoms with Crippen molar-refractivity contribution in [2.24, 2.45) is 11.5 Å². The van der Waals surface area contributed by atoms with E-state index >= 15 is 0 Å². The molecule has 0 saturated heterocycles. The predicted molar refractivity (Wildman–Crippen MR) is 94.8 cm³/mol. The SMILES string of the molecule is CC(=O)C(CCCNC(=N)N)NCC(=O)C(N)Cc1ccccc1. The lowest BCUT2D eigenvalue weighted by Gasteiger charge is -2.17. The Morgan fingerprint density at radius 1 is 1.25 bits per heavy atom. The van der Waals surface area contributed by atoms with Gasteiger partial charge in [0.25, 0.3) is 0 Å². The Labute approximate surface area is 142 Å². The molecule has 0 amide bonds. The molecule has 1 aromatic rings. The van der Waals surface area contributed by atoms with Crippen molar-refractivity contribution < 1.29 is 9.59 Å². The third-order valence-electron chi connectivity index (χ3n) is 3.71. The van der Waals surface area contributed by atoms with Gasteiger partial charge in [-0.05, 0) is 31.7 Å². The van der Waals surface area contributed by atoms with Crippen molar-refractivity contribution in [2.75, 3.05) is 13.1 Å². The van der Waals surface area contributed by atoms with Gasteiger partial charge in [0.15, 0.2) is 11.7 Å². The van der Waals surface area contributed by atoms with Crippen LogP contribution >= 0.6 is 0 Å². The van der Waals surface area contributed by atoms with E-state index in [2.05, 4.69) is 10.6 Å². The van der Waals surface area contributed by atoms with Crippen molar-refractivity contribution in [3.05, 3.63) is 35.9 Å². The average Bonchev–Trinajstić information content (AvgIpc) is 2.54. The number of Topliss-reactive ketones (excluding diaryl/α,β-unsaturated/α-hetero) is 2. The first-order valence-electron chi connectivity index (χ1n) is 8.04. The third kappa shape index (κ3) is 7.85. The van der Waals surface area contributed by atoms with Gasteiger partial charge in [-0.3, -0.25) is 15.0 Å². The van der Waals surface area contributed by atoms with Crippen molar-refractivity contribution in [1.29, 1.82) is 5.41 Å². The first-order chi connectivity index (χ1) is 11.4. The number of rotatable bonds is 11. The first-order valence-corrected chi connectivity index (χ1v) is 8.04. The minimum absolute atomic E-state index is 0.0257. The molecule has 7 nitrogen and oxygen atoms in total. The standard InChI is InChI=1S/C17H27N5O2/c1-12(23)15(8-5-9-21-17(19)20)22-11-16(24)14(18)10-13-6-3-2-4-7-13/h2-4,6-7,14-15,22H,5,8-11,18H2,1H3,(H4,19,20,21). The van der Waals surface area contributed by atoms with Crippen LogP contribution in [0.5, 0.6) is 0 Å². The molecular formula is C17H27N5O2. The third-order valence-corrected chi connectivity index (χ3v) is 3.71. The fraction of sp³-hybridized carbons (Fsp3) is 0.471. The lowest BCUT2D eigenvalue weighted by Crippen LogP contribution is -2.44. The summed E-state index contributed by atoms with van der Waals surface area (Å²) in [4.78, 5) is 23.8. The van der Waals surface area contributed by atoms with Crippen LogP contribution in [0.2, 0.25) is 0 Å². The Morgan fingerprint density at radius 3 is 2.50 bits per heavy atom. The monoisotopic (exact) mass is 333 g/mol. The second kappa shape index (κ2) is 10.5. The molecule has 132 valence electrons. The second-order valence-corrected chi connectivity index (χ2v) is 5.79. The largest absolute Gasteiger partial charge is 0.370 e. The van der Waals surface area contributed by atoms with Crippen LogP contribution in [0.3, 0.4) is 0 Å². The topological polar surface area (TPSA) is 134 Å². The lowest BCUT2D eigenvalue weighted by atomic mass is 10.0. The quantitative estimate of drug-likeness (QED) is 0.219. The second-order valence-electron chi connectivity index (χ2n) is 5.79. The summed E-state index contributed by atoms with van der Waals surface area (Å²) in [7, 11) is 0. The van der Waals surface area contributed by atoms with E-state index in [1.807, 2.05) is 30.3 Å². The van der Waals surface area contributed by atoms with Gasteiger partial charge in [0.2, 0.25) is 0 Å². The van der Waals surface area contributed by atoms with Crippen molar-refractivity contribution >= 4 is 17.5 Å². The van der Waals surface area contributed by atoms with Gasteiger partial charge in [0.05, 0.1) is 18.6 Å². The van der Waals surface area contributed by atoms with E-state index in [-0.39, 0.29) is 24.1 Å². The highest BCUT2D eigenvalue weighted by atomic mass is 16.1. The van der Waals surface area contributed by atoms with Gasteiger partial charge in [0, 0.05) is 6.54 Å². The number of benzene rings is 1. The van der Waals surface area contributed by atoms with E-state index in [0.29, 0.717) is 25.8 Å². The summed E-state index contributed by atoms with van der Waals surface area (Å²) in [5.41, 5.74) is 12.2. The van der Waals surface area contributed by atoms with Crippen molar-refractivity contribution in [3.63, 3.8) is 0 Å². The fourth-order valence-electron chi connectivity index (χ4n) is 2.32. The number of hydrogen-bond donors (Lipinski definition) is 5. The molecule has 0 aliphatic carbocycles. The maximum atomic E-state index is 12.1. The molecule has 0 radical (unpaired) electrons. The van der Waals surface area contributed by atoms with Crippen LogP contribution in [0, 0.1) is 5.41 Å². The van der Waals surface area contributed by atoms with Crippen LogP contribution in [0.1, 0.15) is 25.3 Å². The highest BCUT2D eigenvalue weighted by molar-refractivity contribution is 5.87. The van der Waals surface area contributed by atoms with Gasteiger partial charge in [-0.25, -0.2) is 0 Å². The normalized spacial score (nSPS) is 13.1.